The minimum atomic E-state index is -0.328. The van der Waals surface area contributed by atoms with Crippen molar-refractivity contribution in [1.29, 1.82) is 0 Å². The number of ketones is 2. The lowest BCUT2D eigenvalue weighted by Crippen LogP contribution is -2.32. The van der Waals surface area contributed by atoms with E-state index >= 15 is 0 Å². The predicted octanol–water partition coefficient (Wildman–Crippen LogP) is 4.91. The normalized spacial score (nSPS) is 17.3. The van der Waals surface area contributed by atoms with Gasteiger partial charge in [-0.25, -0.2) is 0 Å². The highest BCUT2D eigenvalue weighted by molar-refractivity contribution is 5.86. The van der Waals surface area contributed by atoms with Crippen molar-refractivity contribution in [2.75, 3.05) is 0 Å². The quantitative estimate of drug-likeness (QED) is 0.645. The van der Waals surface area contributed by atoms with E-state index in [1.165, 1.54) is 0 Å². The Morgan fingerprint density at radius 2 is 1.48 bits per heavy atom. The van der Waals surface area contributed by atoms with Crippen LogP contribution >= 0.6 is 0 Å². The van der Waals surface area contributed by atoms with Crippen LogP contribution in [-0.4, -0.2) is 26.6 Å². The van der Waals surface area contributed by atoms with E-state index in [1.54, 1.807) is 0 Å². The summed E-state index contributed by atoms with van der Waals surface area (Å²) in [5, 5.41) is 8.57. The van der Waals surface area contributed by atoms with Gasteiger partial charge in [-0.15, -0.1) is 5.10 Å². The van der Waals surface area contributed by atoms with E-state index in [4.69, 9.17) is 0 Å². The number of carbonyl (C=O) groups is 2. The molecule has 0 fully saturated rings. The Hall–Kier alpha value is -1.52. The Morgan fingerprint density at radius 1 is 0.963 bits per heavy atom. The first-order chi connectivity index (χ1) is 12.1. The maximum atomic E-state index is 12.5. The number of hydrogen-bond donors (Lipinski definition) is 0. The summed E-state index contributed by atoms with van der Waals surface area (Å²) < 4.78 is 1.83. The summed E-state index contributed by atoms with van der Waals surface area (Å²) in [4.78, 5) is 24.9. The van der Waals surface area contributed by atoms with Crippen LogP contribution in [0.25, 0.3) is 0 Å². The Labute approximate surface area is 165 Å². The first-order valence-corrected chi connectivity index (χ1v) is 10.1. The van der Waals surface area contributed by atoms with Gasteiger partial charge in [0.2, 0.25) is 0 Å². The Morgan fingerprint density at radius 3 is 1.96 bits per heavy atom. The van der Waals surface area contributed by atoms with Crippen LogP contribution in [0, 0.1) is 28.6 Å². The summed E-state index contributed by atoms with van der Waals surface area (Å²) in [7, 11) is 0. The number of Topliss-reactive ketones (excluding diaryl/α,β-unsaturated/α-hetero) is 2. The average Bonchev–Trinajstić information content (AvgIpc) is 2.99. The van der Waals surface area contributed by atoms with Gasteiger partial charge in [-0.05, 0) is 12.3 Å². The lowest BCUT2D eigenvalue weighted by molar-refractivity contribution is -0.131. The number of aromatic nitrogens is 3. The van der Waals surface area contributed by atoms with Crippen LogP contribution in [0.1, 0.15) is 87.3 Å². The molecule has 0 radical (unpaired) electrons. The summed E-state index contributed by atoms with van der Waals surface area (Å²) in [6.45, 7) is 20.6. The molecule has 1 rings (SSSR count). The third kappa shape index (κ3) is 6.54. The predicted molar refractivity (Wildman–Crippen MR) is 109 cm³/mol. The smallest absolute Gasteiger partial charge is 0.141 e. The van der Waals surface area contributed by atoms with Crippen molar-refractivity contribution in [2.45, 2.75) is 88.1 Å². The van der Waals surface area contributed by atoms with E-state index in [2.05, 4.69) is 24.2 Å². The van der Waals surface area contributed by atoms with Crippen molar-refractivity contribution in [3.05, 3.63) is 11.9 Å². The van der Waals surface area contributed by atoms with E-state index in [0.29, 0.717) is 6.54 Å². The molecule has 0 N–H and O–H groups in total. The second kappa shape index (κ2) is 8.66. The van der Waals surface area contributed by atoms with Gasteiger partial charge in [0.15, 0.2) is 0 Å². The molecule has 0 bridgehead atoms. The molecule has 27 heavy (non-hydrogen) atoms. The molecular formula is C22H39N3O2. The zero-order chi connectivity index (χ0) is 21.2. The molecule has 154 valence electrons. The Kier molecular flexibility index (Phi) is 7.54. The molecule has 0 spiro atoms. The van der Waals surface area contributed by atoms with Gasteiger partial charge in [0.1, 0.15) is 11.6 Å². The summed E-state index contributed by atoms with van der Waals surface area (Å²) in [6, 6.07) is 0. The summed E-state index contributed by atoms with van der Waals surface area (Å²) >= 11 is 0. The van der Waals surface area contributed by atoms with Crippen LogP contribution < -0.4 is 0 Å². The van der Waals surface area contributed by atoms with Gasteiger partial charge in [0.05, 0.1) is 5.69 Å². The zero-order valence-corrected chi connectivity index (χ0v) is 19.0. The van der Waals surface area contributed by atoms with E-state index < -0.39 is 0 Å². The first kappa shape index (κ1) is 23.5. The van der Waals surface area contributed by atoms with Crippen molar-refractivity contribution >= 4 is 11.6 Å². The van der Waals surface area contributed by atoms with Crippen LogP contribution in [0.5, 0.6) is 0 Å². The minimum Gasteiger partial charge on any atom is -0.299 e. The average molecular weight is 378 g/mol. The van der Waals surface area contributed by atoms with E-state index in [1.807, 2.05) is 66.3 Å². The molecule has 0 aliphatic rings. The van der Waals surface area contributed by atoms with Crippen molar-refractivity contribution in [1.82, 2.24) is 15.0 Å². The molecule has 4 unspecified atom stereocenters. The van der Waals surface area contributed by atoms with Gasteiger partial charge < -0.3 is 0 Å². The van der Waals surface area contributed by atoms with Gasteiger partial charge in [0.25, 0.3) is 0 Å². The molecule has 0 saturated carbocycles. The lowest BCUT2D eigenvalue weighted by Gasteiger charge is -2.26. The molecule has 1 aromatic heterocycles. The topological polar surface area (TPSA) is 64.8 Å². The van der Waals surface area contributed by atoms with Gasteiger partial charge in [-0.3, -0.25) is 14.3 Å². The van der Waals surface area contributed by atoms with E-state index in [0.717, 1.165) is 12.1 Å². The molecule has 5 nitrogen and oxygen atoms in total. The molecule has 1 heterocycles. The molecule has 0 aliphatic carbocycles. The maximum Gasteiger partial charge on any atom is 0.141 e. The highest BCUT2D eigenvalue weighted by Gasteiger charge is 2.31. The van der Waals surface area contributed by atoms with Crippen molar-refractivity contribution in [3.63, 3.8) is 0 Å². The molecule has 5 heteroatoms. The second-order valence-corrected chi connectivity index (χ2v) is 10.4. The summed E-state index contributed by atoms with van der Waals surface area (Å²) in [5.41, 5.74) is 0.262. The van der Waals surface area contributed by atoms with Crippen LogP contribution in [0.15, 0.2) is 6.20 Å². The maximum absolute atomic E-state index is 12.5. The third-order valence-corrected chi connectivity index (χ3v) is 5.44. The molecule has 0 amide bonds. The third-order valence-electron chi connectivity index (χ3n) is 5.44. The van der Waals surface area contributed by atoms with Crippen molar-refractivity contribution < 1.29 is 9.59 Å². The summed E-state index contributed by atoms with van der Waals surface area (Å²) in [5.74, 6) is 0.878. The van der Waals surface area contributed by atoms with Crippen molar-refractivity contribution in [2.24, 2.45) is 28.6 Å². The SMILES string of the molecule is CC(CC(C)c1cn(CC(C)C(C)C(=O)C(C)(C)C)nn1)C(=O)C(C)(C)C. The van der Waals surface area contributed by atoms with Crippen LogP contribution in [-0.2, 0) is 16.1 Å². The molecule has 1 aromatic rings. The van der Waals surface area contributed by atoms with Crippen LogP contribution in [0.3, 0.4) is 0 Å². The van der Waals surface area contributed by atoms with E-state index in [-0.39, 0.29) is 46.1 Å². The van der Waals surface area contributed by atoms with Gasteiger partial charge in [-0.1, -0.05) is 74.5 Å². The summed E-state index contributed by atoms with van der Waals surface area (Å²) in [6.07, 6.45) is 2.73. The van der Waals surface area contributed by atoms with E-state index in [9.17, 15) is 9.59 Å². The second-order valence-electron chi connectivity index (χ2n) is 10.4. The fourth-order valence-electron chi connectivity index (χ4n) is 3.52. The van der Waals surface area contributed by atoms with Crippen LogP contribution in [0.4, 0.5) is 0 Å². The Bertz CT molecular complexity index is 649. The van der Waals surface area contributed by atoms with Gasteiger partial charge >= 0.3 is 0 Å². The number of hydrogen-bond acceptors (Lipinski definition) is 4. The standard InChI is InChI=1S/C22H39N3O2/c1-14(11-15(2)19(26)21(5,6)7)18-13-25(24-23-18)12-16(3)17(4)20(27)22(8,9)10/h13-17H,11-12H2,1-10H3. The fraction of sp³-hybridized carbons (Fsp3) is 0.818. The number of carbonyl (C=O) groups excluding carboxylic acids is 2. The van der Waals surface area contributed by atoms with Gasteiger partial charge in [-0.2, -0.15) is 0 Å². The Balaban J connectivity index is 2.72. The zero-order valence-electron chi connectivity index (χ0n) is 19.0. The minimum absolute atomic E-state index is 0.00602. The molecule has 0 aromatic carbocycles. The monoisotopic (exact) mass is 377 g/mol. The fourth-order valence-corrected chi connectivity index (χ4v) is 3.52. The molecule has 0 aliphatic heterocycles. The van der Waals surface area contributed by atoms with Crippen molar-refractivity contribution in [3.8, 4) is 0 Å². The largest absolute Gasteiger partial charge is 0.299 e. The van der Waals surface area contributed by atoms with Gasteiger partial charge in [0, 0.05) is 41.3 Å². The molecule has 4 atom stereocenters. The highest BCUT2D eigenvalue weighted by atomic mass is 16.1. The molecular weight excluding hydrogens is 338 g/mol. The lowest BCUT2D eigenvalue weighted by atomic mass is 9.78. The first-order valence-electron chi connectivity index (χ1n) is 10.1. The number of nitrogens with zero attached hydrogens (tertiary/aromatic N) is 3. The molecule has 0 saturated heterocycles. The van der Waals surface area contributed by atoms with Crippen LogP contribution in [0.2, 0.25) is 0 Å². The highest BCUT2D eigenvalue weighted by Crippen LogP contribution is 2.29. The number of rotatable bonds is 8.